The fourth-order valence-electron chi connectivity index (χ4n) is 5.25. The fraction of sp³-hybridized carbons (Fsp3) is 0.448. The number of nitrogens with one attached hydrogen (secondary N) is 1. The summed E-state index contributed by atoms with van der Waals surface area (Å²) in [5.41, 5.74) is 2.69. The van der Waals surface area contributed by atoms with Crippen molar-refractivity contribution in [3.8, 4) is 5.75 Å². The molecule has 2 unspecified atom stereocenters. The van der Waals surface area contributed by atoms with E-state index < -0.39 is 15.1 Å². The van der Waals surface area contributed by atoms with Gasteiger partial charge < -0.3 is 24.8 Å². The molecule has 1 saturated heterocycles. The van der Waals surface area contributed by atoms with Crippen LogP contribution >= 0.6 is 0 Å². The van der Waals surface area contributed by atoms with E-state index in [-0.39, 0.29) is 17.0 Å². The van der Waals surface area contributed by atoms with Crippen LogP contribution < -0.4 is 15.0 Å². The molecule has 208 valence electrons. The highest BCUT2D eigenvalue weighted by Crippen LogP contribution is 2.31. The molecule has 2 atom stereocenters. The van der Waals surface area contributed by atoms with E-state index in [1.54, 1.807) is 39.2 Å². The number of rotatable bonds is 7. The third-order valence-corrected chi connectivity index (χ3v) is 9.88. The summed E-state index contributed by atoms with van der Waals surface area (Å²) in [4.78, 5) is 16.9. The van der Waals surface area contributed by atoms with Gasteiger partial charge in [-0.15, -0.1) is 0 Å². The molecule has 0 bridgehead atoms. The van der Waals surface area contributed by atoms with E-state index in [0.29, 0.717) is 23.8 Å². The summed E-state index contributed by atoms with van der Waals surface area (Å²) >= 11 is 0. The molecule has 2 aromatic carbocycles. The molecule has 0 spiro atoms. The number of ether oxygens (including phenoxy) is 1. The Morgan fingerprint density at radius 3 is 2.54 bits per heavy atom. The SMILES string of the molecule is COc1cc(N2CCN(C)CC2)ccc1CC1=NC2C=CN(C)C2C(Nc2ccccc2S(=O)(=O)C(C)C)=N1. The molecule has 0 amide bonds. The fourth-order valence-corrected chi connectivity index (χ4v) is 6.45. The number of nitrogens with zero attached hydrogens (tertiary/aromatic N) is 5. The number of aliphatic imine (C=N–C) groups is 2. The Hall–Kier alpha value is -3.37. The van der Waals surface area contributed by atoms with E-state index >= 15 is 0 Å². The van der Waals surface area contributed by atoms with Crippen LogP contribution in [0.5, 0.6) is 5.75 Å². The molecule has 3 aliphatic rings. The van der Waals surface area contributed by atoms with E-state index in [9.17, 15) is 8.42 Å². The predicted octanol–water partition coefficient (Wildman–Crippen LogP) is 3.29. The maximum Gasteiger partial charge on any atom is 0.182 e. The maximum absolute atomic E-state index is 13.1. The minimum atomic E-state index is -3.48. The van der Waals surface area contributed by atoms with Crippen molar-refractivity contribution in [3.63, 3.8) is 0 Å². The highest BCUT2D eigenvalue weighted by molar-refractivity contribution is 7.92. The Bertz CT molecular complexity index is 1410. The van der Waals surface area contributed by atoms with Crippen LogP contribution in [0.3, 0.4) is 0 Å². The zero-order valence-electron chi connectivity index (χ0n) is 23.3. The summed E-state index contributed by atoms with van der Waals surface area (Å²) < 4.78 is 31.9. The van der Waals surface area contributed by atoms with Crippen molar-refractivity contribution in [2.24, 2.45) is 9.98 Å². The lowest BCUT2D eigenvalue weighted by molar-refractivity contribution is 0.312. The van der Waals surface area contributed by atoms with Crippen LogP contribution in [-0.4, -0.2) is 94.6 Å². The summed E-state index contributed by atoms with van der Waals surface area (Å²) in [6, 6.07) is 13.1. The van der Waals surface area contributed by atoms with Crippen LogP contribution in [0.2, 0.25) is 0 Å². The number of sulfone groups is 1. The second-order valence-corrected chi connectivity index (χ2v) is 13.1. The standard InChI is InChI=1S/C29H38N6O3S/c1-20(2)39(36,37)26-9-7-6-8-23(26)31-29-28-24(12-13-34(28)4)30-27(32-29)18-21-10-11-22(19-25(21)38-5)35-16-14-33(3)15-17-35/h6-13,19-20,24,28H,14-18H2,1-5H3,(H,30,31,32). The first-order valence-electron chi connectivity index (χ1n) is 13.4. The van der Waals surface area contributed by atoms with Crippen LogP contribution in [0.1, 0.15) is 19.4 Å². The molecule has 10 heteroatoms. The smallest absolute Gasteiger partial charge is 0.182 e. The maximum atomic E-state index is 13.1. The van der Waals surface area contributed by atoms with Crippen molar-refractivity contribution in [2.75, 3.05) is 57.6 Å². The summed E-state index contributed by atoms with van der Waals surface area (Å²) in [6.07, 6.45) is 4.57. The van der Waals surface area contributed by atoms with Crippen LogP contribution in [0, 0.1) is 0 Å². The summed E-state index contributed by atoms with van der Waals surface area (Å²) in [6.45, 7) is 7.45. The first-order valence-corrected chi connectivity index (χ1v) is 15.0. The van der Waals surface area contributed by atoms with E-state index in [4.69, 9.17) is 14.7 Å². The molecular formula is C29H38N6O3S. The van der Waals surface area contributed by atoms with Crippen LogP contribution in [0.4, 0.5) is 11.4 Å². The molecule has 1 N–H and O–H groups in total. The number of fused-ring (bicyclic) bond motifs is 1. The molecule has 39 heavy (non-hydrogen) atoms. The molecule has 9 nitrogen and oxygen atoms in total. The number of piperazine rings is 1. The number of amidine groups is 2. The normalized spacial score (nSPS) is 21.6. The number of benzene rings is 2. The van der Waals surface area contributed by atoms with Gasteiger partial charge in [-0.3, -0.25) is 4.99 Å². The van der Waals surface area contributed by atoms with Crippen molar-refractivity contribution < 1.29 is 13.2 Å². The van der Waals surface area contributed by atoms with Crippen molar-refractivity contribution in [3.05, 3.63) is 60.3 Å². The number of methoxy groups -OCH3 is 1. The first-order chi connectivity index (χ1) is 18.7. The van der Waals surface area contributed by atoms with Gasteiger partial charge in [0.05, 0.1) is 29.0 Å². The van der Waals surface area contributed by atoms with Gasteiger partial charge in [0.2, 0.25) is 0 Å². The lowest BCUT2D eigenvalue weighted by Crippen LogP contribution is -2.46. The lowest BCUT2D eigenvalue weighted by Gasteiger charge is -2.34. The molecule has 0 aromatic heterocycles. The Morgan fingerprint density at radius 2 is 1.82 bits per heavy atom. The van der Waals surface area contributed by atoms with Gasteiger partial charge in [0.1, 0.15) is 23.5 Å². The minimum absolute atomic E-state index is 0.116. The molecule has 0 saturated carbocycles. The summed E-state index contributed by atoms with van der Waals surface area (Å²) in [7, 11) is 2.35. The van der Waals surface area contributed by atoms with Gasteiger partial charge in [-0.2, -0.15) is 0 Å². The molecule has 3 aliphatic heterocycles. The van der Waals surface area contributed by atoms with Crippen LogP contribution in [0.25, 0.3) is 0 Å². The second-order valence-electron chi connectivity index (χ2n) is 10.7. The quantitative estimate of drug-likeness (QED) is 0.566. The minimum Gasteiger partial charge on any atom is -0.496 e. The summed E-state index contributed by atoms with van der Waals surface area (Å²) in [5.74, 6) is 2.17. The highest BCUT2D eigenvalue weighted by Gasteiger charge is 2.36. The van der Waals surface area contributed by atoms with Gasteiger partial charge in [0.25, 0.3) is 0 Å². The zero-order valence-corrected chi connectivity index (χ0v) is 24.1. The van der Waals surface area contributed by atoms with Crippen molar-refractivity contribution in [2.45, 2.75) is 42.5 Å². The topological polar surface area (TPSA) is 89.8 Å². The zero-order chi connectivity index (χ0) is 27.7. The largest absolute Gasteiger partial charge is 0.496 e. The number of hydrogen-bond donors (Lipinski definition) is 1. The van der Waals surface area contributed by atoms with Crippen LogP contribution in [0.15, 0.2) is 69.6 Å². The lowest BCUT2D eigenvalue weighted by atomic mass is 10.0. The van der Waals surface area contributed by atoms with Gasteiger partial charge in [-0.1, -0.05) is 18.2 Å². The third-order valence-electron chi connectivity index (χ3n) is 7.67. The first kappa shape index (κ1) is 27.2. The Morgan fingerprint density at radius 1 is 1.08 bits per heavy atom. The van der Waals surface area contributed by atoms with E-state index in [0.717, 1.165) is 43.2 Å². The van der Waals surface area contributed by atoms with Crippen molar-refractivity contribution in [1.82, 2.24) is 9.80 Å². The van der Waals surface area contributed by atoms with Gasteiger partial charge in [0, 0.05) is 57.0 Å². The molecule has 5 rings (SSSR count). The molecule has 0 radical (unpaired) electrons. The molecule has 3 heterocycles. The number of likely N-dealkylation sites (N-methyl/N-ethyl adjacent to an activating group) is 2. The highest BCUT2D eigenvalue weighted by atomic mass is 32.2. The second kappa shape index (κ2) is 11.0. The average molecular weight is 551 g/mol. The van der Waals surface area contributed by atoms with E-state index in [1.807, 2.05) is 19.3 Å². The summed E-state index contributed by atoms with van der Waals surface area (Å²) in [5, 5.41) is 2.85. The van der Waals surface area contributed by atoms with Crippen molar-refractivity contribution >= 4 is 32.9 Å². The van der Waals surface area contributed by atoms with Gasteiger partial charge >= 0.3 is 0 Å². The number of anilines is 2. The molecule has 0 aliphatic carbocycles. The van der Waals surface area contributed by atoms with E-state index in [2.05, 4.69) is 51.3 Å². The average Bonchev–Trinajstić information content (AvgIpc) is 3.30. The van der Waals surface area contributed by atoms with E-state index in [1.165, 1.54) is 0 Å². The number of hydrogen-bond acceptors (Lipinski definition) is 9. The Balaban J connectivity index is 1.43. The Labute approximate surface area is 231 Å². The molecular weight excluding hydrogens is 512 g/mol. The van der Waals surface area contributed by atoms with Crippen molar-refractivity contribution in [1.29, 1.82) is 0 Å². The molecule has 2 aromatic rings. The molecule has 1 fully saturated rings. The Kier molecular flexibility index (Phi) is 7.68. The van der Waals surface area contributed by atoms with Gasteiger partial charge in [-0.25, -0.2) is 13.4 Å². The van der Waals surface area contributed by atoms with Crippen LogP contribution in [-0.2, 0) is 16.3 Å². The third kappa shape index (κ3) is 5.53. The monoisotopic (exact) mass is 550 g/mol. The predicted molar refractivity (Wildman–Crippen MR) is 158 cm³/mol. The van der Waals surface area contributed by atoms with Gasteiger partial charge in [0.15, 0.2) is 9.84 Å². The number of para-hydroxylation sites is 1. The van der Waals surface area contributed by atoms with Gasteiger partial charge in [-0.05, 0) is 51.4 Å².